The largest absolute Gasteiger partial charge is 0.768 e. The summed E-state index contributed by atoms with van der Waals surface area (Å²) in [6, 6.07) is 10.8. The zero-order chi connectivity index (χ0) is 28.8. The molecule has 1 aliphatic heterocycles. The average molecular weight is 626 g/mol. The molecule has 0 saturated heterocycles. The molecule has 1 atom stereocenters. The molecule has 2 aromatic carbocycles. The van der Waals surface area contributed by atoms with E-state index in [1.165, 1.54) is 18.2 Å². The van der Waals surface area contributed by atoms with E-state index in [1.54, 1.807) is 24.3 Å². The molecule has 0 saturated carbocycles. The first-order valence-corrected chi connectivity index (χ1v) is 16.3. The van der Waals surface area contributed by atoms with Crippen LogP contribution in [0.2, 0.25) is 0 Å². The Balaban J connectivity index is 1.62. The van der Waals surface area contributed by atoms with Crippen LogP contribution >= 0.6 is 30.5 Å². The second-order valence-corrected chi connectivity index (χ2v) is 13.3. The van der Waals surface area contributed by atoms with Crippen molar-refractivity contribution in [3.05, 3.63) is 72.2 Å². The summed E-state index contributed by atoms with van der Waals surface area (Å²) in [5.74, 6) is -1.09. The number of nitrogens with zero attached hydrogens (tertiary/aromatic N) is 2. The lowest BCUT2D eigenvalue weighted by molar-refractivity contribution is -0.191. The topological polar surface area (TPSA) is 141 Å². The van der Waals surface area contributed by atoms with Crippen molar-refractivity contribution in [3.63, 3.8) is 0 Å². The van der Waals surface area contributed by atoms with Gasteiger partial charge in [-0.1, -0.05) is 18.2 Å². The highest BCUT2D eigenvalue weighted by atomic mass is 35.5. The molecular formula is C25H22ClFN3O7PS2. The van der Waals surface area contributed by atoms with Gasteiger partial charge in [-0.15, -0.1) is 22.9 Å². The highest BCUT2D eigenvalue weighted by Gasteiger charge is 2.30. The third kappa shape index (κ3) is 7.11. The Labute approximate surface area is 239 Å². The summed E-state index contributed by atoms with van der Waals surface area (Å²) >= 11 is 6.26. The van der Waals surface area contributed by atoms with Gasteiger partial charge in [0.2, 0.25) is 0 Å². The maximum atomic E-state index is 15.6. The van der Waals surface area contributed by atoms with Crippen LogP contribution in [0, 0.1) is 23.3 Å². The highest BCUT2D eigenvalue weighted by Crippen LogP contribution is 2.44. The van der Waals surface area contributed by atoms with Crippen molar-refractivity contribution in [2.24, 2.45) is 0 Å². The Morgan fingerprint density at radius 2 is 2.05 bits per heavy atom. The number of hydrogen-bond donors (Lipinski definition) is 1. The fraction of sp³-hybridized carbons (Fsp3) is 0.240. The minimum absolute atomic E-state index is 0.00518. The molecule has 2 heterocycles. The maximum Gasteiger partial charge on any atom is 0.253 e. The van der Waals surface area contributed by atoms with Gasteiger partial charge in [-0.05, 0) is 12.1 Å². The Kier molecular flexibility index (Phi) is 9.66. The van der Waals surface area contributed by atoms with Crippen molar-refractivity contribution in [2.75, 3.05) is 38.5 Å². The van der Waals surface area contributed by atoms with Crippen molar-refractivity contribution >= 4 is 50.6 Å². The molecule has 15 heteroatoms. The van der Waals surface area contributed by atoms with Gasteiger partial charge >= 0.3 is 0 Å². The number of sulfonamides is 1. The lowest BCUT2D eigenvalue weighted by Crippen LogP contribution is -2.29. The van der Waals surface area contributed by atoms with Crippen LogP contribution in [0.15, 0.2) is 58.8 Å². The molecular weight excluding hydrogens is 604 g/mol. The van der Waals surface area contributed by atoms with E-state index in [9.17, 15) is 23.1 Å². The zero-order valence-electron chi connectivity index (χ0n) is 20.7. The number of fused-ring (bicyclic) bond motifs is 1. The van der Waals surface area contributed by atoms with E-state index in [4.69, 9.17) is 25.6 Å². The quantitative estimate of drug-likeness (QED) is 0.170. The Morgan fingerprint density at radius 3 is 2.73 bits per heavy atom. The molecule has 4 rings (SSSR count). The van der Waals surface area contributed by atoms with Gasteiger partial charge in [0.15, 0.2) is 41.4 Å². The zero-order valence-corrected chi connectivity index (χ0v) is 24.0. The first kappa shape index (κ1) is 29.8. The van der Waals surface area contributed by atoms with Gasteiger partial charge < -0.3 is 18.9 Å². The first-order valence-electron chi connectivity index (χ1n) is 11.7. The number of hydrogen-bond acceptors (Lipinski definition) is 10. The SMILES string of the molecule is N#Cc1c(OCCN2[C+]=CC=CC2)c(OCCCl)cc2sc(S(=O)(=O)NCP(=O)([O-])Oc3ccccc3)c(F)c12. The van der Waals surface area contributed by atoms with Crippen LogP contribution < -0.4 is 23.6 Å². The van der Waals surface area contributed by atoms with E-state index in [0.717, 1.165) is 0 Å². The molecule has 0 spiro atoms. The molecule has 0 radical (unpaired) electrons. The molecule has 1 N–H and O–H groups in total. The van der Waals surface area contributed by atoms with Crippen molar-refractivity contribution in [2.45, 2.75) is 4.21 Å². The second kappa shape index (κ2) is 13.0. The molecule has 1 unspecified atom stereocenters. The molecule has 10 nitrogen and oxygen atoms in total. The van der Waals surface area contributed by atoms with Gasteiger partial charge in [0.1, 0.15) is 30.6 Å². The number of halogens is 2. The van der Waals surface area contributed by atoms with Crippen LogP contribution in [-0.4, -0.2) is 51.8 Å². The summed E-state index contributed by atoms with van der Waals surface area (Å²) in [7, 11) is -9.40. The maximum absolute atomic E-state index is 15.6. The van der Waals surface area contributed by atoms with Crippen LogP contribution in [0.4, 0.5) is 4.39 Å². The number of alkyl halides is 1. The van der Waals surface area contributed by atoms with Gasteiger partial charge in [-0.25, -0.2) is 22.4 Å². The number of thiophene rings is 1. The van der Waals surface area contributed by atoms with Gasteiger partial charge in [0, 0.05) is 16.8 Å². The van der Waals surface area contributed by atoms with Gasteiger partial charge in [0.25, 0.3) is 10.0 Å². The summed E-state index contributed by atoms with van der Waals surface area (Å²) in [5.41, 5.74) is -0.266. The Hall–Kier alpha value is -3.20. The van der Waals surface area contributed by atoms with Gasteiger partial charge in [-0.3, -0.25) is 4.57 Å². The predicted molar refractivity (Wildman–Crippen MR) is 147 cm³/mol. The molecule has 0 aliphatic carbocycles. The highest BCUT2D eigenvalue weighted by molar-refractivity contribution is 7.92. The number of allylic oxidation sites excluding steroid dienone is 2. The van der Waals surface area contributed by atoms with Crippen LogP contribution in [0.3, 0.4) is 0 Å². The van der Waals surface area contributed by atoms with E-state index in [2.05, 4.69) is 6.20 Å². The van der Waals surface area contributed by atoms with Crippen LogP contribution in [0.5, 0.6) is 17.2 Å². The molecule has 0 amide bonds. The summed E-state index contributed by atoms with van der Waals surface area (Å²) in [6.07, 6.45) is 7.41. The van der Waals surface area contributed by atoms with Crippen molar-refractivity contribution in [3.8, 4) is 23.3 Å². The predicted octanol–water partition coefficient (Wildman–Crippen LogP) is 3.97. The fourth-order valence-electron chi connectivity index (χ4n) is 3.62. The summed E-state index contributed by atoms with van der Waals surface area (Å²) < 4.78 is 71.4. The number of ether oxygens (including phenoxy) is 2. The molecule has 0 fully saturated rings. The number of para-hydroxylation sites is 1. The van der Waals surface area contributed by atoms with E-state index >= 15 is 4.39 Å². The van der Waals surface area contributed by atoms with Crippen molar-refractivity contribution in [1.29, 1.82) is 5.26 Å². The minimum Gasteiger partial charge on any atom is -0.768 e. The normalized spacial score (nSPS) is 14.4. The number of nitrogens with one attached hydrogen (secondary N) is 1. The smallest absolute Gasteiger partial charge is 0.253 e. The lowest BCUT2D eigenvalue weighted by Gasteiger charge is -2.24. The second-order valence-electron chi connectivity index (χ2n) is 8.14. The standard InChI is InChI=1S/C25H22ClFN3O7PS2/c26-9-13-35-20-15-21-22(19(16-28)24(20)36-14-12-30-10-5-2-6-11-30)23(27)25(39-21)40(33,34)29-17-38(31,32)37-18-7-3-1-4-8-18/h1-8,15,29H,9-10,12-14,17H2. The molecule has 1 aliphatic rings. The summed E-state index contributed by atoms with van der Waals surface area (Å²) in [5, 5.41) is 9.64. The van der Waals surface area contributed by atoms with Crippen molar-refractivity contribution < 1.29 is 36.3 Å². The van der Waals surface area contributed by atoms with E-state index in [0.29, 0.717) is 24.4 Å². The fourth-order valence-corrected chi connectivity index (χ4v) is 7.72. The number of benzene rings is 2. The van der Waals surface area contributed by atoms with E-state index in [1.807, 2.05) is 27.8 Å². The molecule has 3 aromatic rings. The first-order chi connectivity index (χ1) is 19.1. The third-order valence-corrected chi connectivity index (χ3v) is 9.77. The molecule has 210 valence electrons. The molecule has 40 heavy (non-hydrogen) atoms. The van der Waals surface area contributed by atoms with Crippen LogP contribution in [-0.2, 0) is 14.6 Å². The summed E-state index contributed by atoms with van der Waals surface area (Å²) in [6.45, 7) is 1.14. The van der Waals surface area contributed by atoms with Crippen LogP contribution in [0.25, 0.3) is 10.1 Å². The number of rotatable bonds is 13. The summed E-state index contributed by atoms with van der Waals surface area (Å²) in [4.78, 5) is 14.2. The minimum atomic E-state index is -4.73. The Bertz CT molecular complexity index is 1620. The van der Waals surface area contributed by atoms with E-state index < -0.39 is 33.9 Å². The third-order valence-electron chi connectivity index (χ3n) is 5.36. The average Bonchev–Trinajstić information content (AvgIpc) is 3.28. The van der Waals surface area contributed by atoms with Crippen molar-refractivity contribution in [1.82, 2.24) is 9.62 Å². The Morgan fingerprint density at radius 1 is 1.27 bits per heavy atom. The number of nitriles is 1. The van der Waals surface area contributed by atoms with Crippen LogP contribution in [0.1, 0.15) is 5.56 Å². The monoisotopic (exact) mass is 625 g/mol. The molecule has 1 aromatic heterocycles. The van der Waals surface area contributed by atoms with Gasteiger partial charge in [0.05, 0.1) is 36.7 Å². The molecule has 0 bridgehead atoms. The lowest BCUT2D eigenvalue weighted by atomic mass is 10.1. The van der Waals surface area contributed by atoms with E-state index in [-0.39, 0.29) is 52.0 Å². The van der Waals surface area contributed by atoms with Gasteiger partial charge in [-0.2, -0.15) is 5.26 Å².